The number of rotatable bonds is 4. The molecule has 2 aliphatic rings. The number of likely N-dealkylation sites (tertiary alicyclic amines) is 1. The molecule has 5 nitrogen and oxygen atoms in total. The van der Waals surface area contributed by atoms with E-state index in [1.165, 1.54) is 5.56 Å². The Morgan fingerprint density at radius 2 is 2.42 bits per heavy atom. The summed E-state index contributed by atoms with van der Waals surface area (Å²) in [5.74, 6) is 0.00969. The minimum absolute atomic E-state index is 0.0526. The van der Waals surface area contributed by atoms with Crippen LogP contribution in [0.5, 0.6) is 0 Å². The van der Waals surface area contributed by atoms with Gasteiger partial charge in [-0.2, -0.15) is 11.3 Å². The van der Waals surface area contributed by atoms with Crippen LogP contribution in [0.4, 0.5) is 5.69 Å². The maximum Gasteiger partial charge on any atom is 0.228 e. The molecular weight excluding hydrogens is 322 g/mol. The number of piperidine rings is 1. The molecule has 4 rings (SSSR count). The largest absolute Gasteiger partial charge is 0.377 e. The van der Waals surface area contributed by atoms with Crippen molar-refractivity contribution in [3.63, 3.8) is 0 Å². The summed E-state index contributed by atoms with van der Waals surface area (Å²) in [7, 11) is 0. The zero-order valence-corrected chi connectivity index (χ0v) is 14.2. The van der Waals surface area contributed by atoms with Crippen molar-refractivity contribution in [1.29, 1.82) is 0 Å². The SMILES string of the molecule is O=C(Nc1cccnc1)[C@@H]1C[C@H]2OCC[C@H]2N(Cc2ccsc2)C1. The van der Waals surface area contributed by atoms with Gasteiger partial charge in [0.2, 0.25) is 5.91 Å². The highest BCUT2D eigenvalue weighted by atomic mass is 32.1. The van der Waals surface area contributed by atoms with E-state index in [-0.39, 0.29) is 17.9 Å². The Balaban J connectivity index is 1.46. The summed E-state index contributed by atoms with van der Waals surface area (Å²) >= 11 is 1.72. The zero-order chi connectivity index (χ0) is 16.4. The molecule has 0 bridgehead atoms. The number of thiophene rings is 1. The van der Waals surface area contributed by atoms with Crippen LogP contribution in [0, 0.1) is 5.92 Å². The van der Waals surface area contributed by atoms with Crippen LogP contribution < -0.4 is 5.32 Å². The first kappa shape index (κ1) is 15.7. The minimum atomic E-state index is -0.0526. The second-order valence-corrected chi connectivity index (χ2v) is 7.27. The van der Waals surface area contributed by atoms with Gasteiger partial charge >= 0.3 is 0 Å². The Hall–Kier alpha value is -1.76. The molecule has 3 atom stereocenters. The standard InChI is InChI=1S/C18H21N3O2S/c22-18(20-15-2-1-5-19-9-15)14-8-17-16(3-6-23-17)21(11-14)10-13-4-7-24-12-13/h1-2,4-5,7,9,12,14,16-17H,3,6,8,10-11H2,(H,20,22)/t14-,16-,17-/m1/s1. The Kier molecular flexibility index (Phi) is 4.60. The van der Waals surface area contributed by atoms with Gasteiger partial charge in [0.1, 0.15) is 0 Å². The summed E-state index contributed by atoms with van der Waals surface area (Å²) in [6.45, 7) is 2.48. The number of anilines is 1. The first-order chi connectivity index (χ1) is 11.8. The summed E-state index contributed by atoms with van der Waals surface area (Å²) in [5, 5.41) is 7.28. The van der Waals surface area contributed by atoms with Gasteiger partial charge in [-0.1, -0.05) is 0 Å². The van der Waals surface area contributed by atoms with Gasteiger partial charge in [-0.3, -0.25) is 14.7 Å². The maximum atomic E-state index is 12.7. The highest BCUT2D eigenvalue weighted by Gasteiger charge is 2.42. The van der Waals surface area contributed by atoms with Crippen LogP contribution >= 0.6 is 11.3 Å². The number of fused-ring (bicyclic) bond motifs is 1. The van der Waals surface area contributed by atoms with Crippen molar-refractivity contribution < 1.29 is 9.53 Å². The van der Waals surface area contributed by atoms with E-state index in [4.69, 9.17) is 4.74 Å². The average molecular weight is 343 g/mol. The van der Waals surface area contributed by atoms with E-state index in [0.29, 0.717) is 6.04 Å². The average Bonchev–Trinajstić information content (AvgIpc) is 3.27. The minimum Gasteiger partial charge on any atom is -0.377 e. The number of pyridine rings is 1. The van der Waals surface area contributed by atoms with Crippen molar-refractivity contribution in [1.82, 2.24) is 9.88 Å². The number of carbonyl (C=O) groups excluding carboxylic acids is 1. The van der Waals surface area contributed by atoms with Gasteiger partial charge in [-0.15, -0.1) is 0 Å². The molecule has 0 radical (unpaired) electrons. The normalized spacial score (nSPS) is 26.9. The van der Waals surface area contributed by atoms with Gasteiger partial charge in [-0.25, -0.2) is 0 Å². The van der Waals surface area contributed by atoms with E-state index in [9.17, 15) is 4.79 Å². The third-order valence-electron chi connectivity index (χ3n) is 4.88. The molecule has 1 N–H and O–H groups in total. The molecular formula is C18H21N3O2S. The number of aromatic nitrogens is 1. The van der Waals surface area contributed by atoms with Crippen molar-refractivity contribution in [2.24, 2.45) is 5.92 Å². The molecule has 0 saturated carbocycles. The first-order valence-corrected chi connectivity index (χ1v) is 9.31. The van der Waals surface area contributed by atoms with Crippen molar-refractivity contribution in [3.05, 3.63) is 46.9 Å². The van der Waals surface area contributed by atoms with Gasteiger partial charge in [0.05, 0.1) is 23.9 Å². The van der Waals surface area contributed by atoms with Gasteiger partial charge in [0.25, 0.3) is 0 Å². The fraction of sp³-hybridized carbons (Fsp3) is 0.444. The molecule has 2 aliphatic heterocycles. The Morgan fingerprint density at radius 3 is 3.21 bits per heavy atom. The van der Waals surface area contributed by atoms with Crippen LogP contribution in [0.3, 0.4) is 0 Å². The molecule has 24 heavy (non-hydrogen) atoms. The fourth-order valence-corrected chi connectivity index (χ4v) is 4.38. The predicted octanol–water partition coefficient (Wildman–Crippen LogP) is 2.76. The molecule has 2 saturated heterocycles. The Morgan fingerprint density at radius 1 is 1.46 bits per heavy atom. The van der Waals surface area contributed by atoms with Gasteiger partial charge in [0.15, 0.2) is 0 Å². The fourth-order valence-electron chi connectivity index (χ4n) is 3.72. The second kappa shape index (κ2) is 7.01. The summed E-state index contributed by atoms with van der Waals surface area (Å²) in [6.07, 6.45) is 5.42. The summed E-state index contributed by atoms with van der Waals surface area (Å²) < 4.78 is 5.91. The van der Waals surface area contributed by atoms with E-state index in [1.807, 2.05) is 12.1 Å². The first-order valence-electron chi connectivity index (χ1n) is 8.37. The van der Waals surface area contributed by atoms with E-state index < -0.39 is 0 Å². The van der Waals surface area contributed by atoms with Gasteiger partial charge < -0.3 is 10.1 Å². The lowest BCUT2D eigenvalue weighted by Gasteiger charge is -2.40. The molecule has 0 unspecified atom stereocenters. The van der Waals surface area contributed by atoms with Gasteiger partial charge in [0, 0.05) is 31.9 Å². The number of amides is 1. The smallest absolute Gasteiger partial charge is 0.228 e. The number of hydrogen-bond acceptors (Lipinski definition) is 5. The van der Waals surface area contributed by atoms with Crippen molar-refractivity contribution in [2.45, 2.75) is 31.5 Å². The van der Waals surface area contributed by atoms with E-state index in [2.05, 4.69) is 32.0 Å². The molecule has 0 spiro atoms. The molecule has 0 aromatic carbocycles. The third kappa shape index (κ3) is 3.36. The number of nitrogens with zero attached hydrogens (tertiary/aromatic N) is 2. The number of hydrogen-bond donors (Lipinski definition) is 1. The van der Waals surface area contributed by atoms with Crippen LogP contribution in [0.1, 0.15) is 18.4 Å². The predicted molar refractivity (Wildman–Crippen MR) is 93.8 cm³/mol. The number of carbonyl (C=O) groups is 1. The van der Waals surface area contributed by atoms with Crippen molar-refractivity contribution >= 4 is 22.9 Å². The lowest BCUT2D eigenvalue weighted by Crippen LogP contribution is -2.51. The number of nitrogens with one attached hydrogen (secondary N) is 1. The number of ether oxygens (including phenoxy) is 1. The summed E-state index contributed by atoms with van der Waals surface area (Å²) in [5.41, 5.74) is 2.07. The topological polar surface area (TPSA) is 54.5 Å². The molecule has 2 aromatic rings. The highest BCUT2D eigenvalue weighted by molar-refractivity contribution is 7.07. The lowest BCUT2D eigenvalue weighted by atomic mass is 9.89. The van der Waals surface area contributed by atoms with E-state index in [0.717, 1.165) is 38.2 Å². The Bertz CT molecular complexity index is 677. The highest BCUT2D eigenvalue weighted by Crippen LogP contribution is 2.33. The molecule has 4 heterocycles. The monoisotopic (exact) mass is 343 g/mol. The molecule has 2 fully saturated rings. The van der Waals surface area contributed by atoms with Crippen LogP contribution in [-0.2, 0) is 16.1 Å². The molecule has 1 amide bonds. The van der Waals surface area contributed by atoms with Gasteiger partial charge in [-0.05, 0) is 47.4 Å². The Labute approximate surface area is 145 Å². The quantitative estimate of drug-likeness (QED) is 0.927. The van der Waals surface area contributed by atoms with Crippen LogP contribution in [0.15, 0.2) is 41.4 Å². The third-order valence-corrected chi connectivity index (χ3v) is 5.61. The van der Waals surface area contributed by atoms with Crippen molar-refractivity contribution in [3.8, 4) is 0 Å². The van der Waals surface area contributed by atoms with Crippen molar-refractivity contribution in [2.75, 3.05) is 18.5 Å². The van der Waals surface area contributed by atoms with Crippen LogP contribution in [0.2, 0.25) is 0 Å². The molecule has 0 aliphatic carbocycles. The molecule has 126 valence electrons. The zero-order valence-electron chi connectivity index (χ0n) is 13.4. The van der Waals surface area contributed by atoms with E-state index >= 15 is 0 Å². The molecule has 6 heteroatoms. The summed E-state index contributed by atoms with van der Waals surface area (Å²) in [4.78, 5) is 19.2. The lowest BCUT2D eigenvalue weighted by molar-refractivity contribution is -0.124. The van der Waals surface area contributed by atoms with E-state index in [1.54, 1.807) is 23.7 Å². The summed E-state index contributed by atoms with van der Waals surface area (Å²) in [6, 6.07) is 6.29. The second-order valence-electron chi connectivity index (χ2n) is 6.49. The van der Waals surface area contributed by atoms with Crippen LogP contribution in [-0.4, -0.2) is 41.1 Å². The maximum absolute atomic E-state index is 12.7. The molecule has 2 aromatic heterocycles. The van der Waals surface area contributed by atoms with Crippen LogP contribution in [0.25, 0.3) is 0 Å².